The molecule has 0 aliphatic carbocycles. The van der Waals surface area contributed by atoms with Gasteiger partial charge in [-0.25, -0.2) is 4.79 Å². The lowest BCUT2D eigenvalue weighted by molar-refractivity contribution is 0.0520. The van der Waals surface area contributed by atoms with E-state index in [0.717, 1.165) is 20.6 Å². The summed E-state index contributed by atoms with van der Waals surface area (Å²) in [6, 6.07) is 13.2. The van der Waals surface area contributed by atoms with Crippen molar-refractivity contribution in [3.63, 3.8) is 0 Å². The summed E-state index contributed by atoms with van der Waals surface area (Å²) < 4.78 is 7.93. The van der Waals surface area contributed by atoms with Gasteiger partial charge in [0.2, 0.25) is 0 Å². The van der Waals surface area contributed by atoms with Crippen LogP contribution in [0.15, 0.2) is 53.1 Å². The summed E-state index contributed by atoms with van der Waals surface area (Å²) >= 11 is 4.94. The van der Waals surface area contributed by atoms with E-state index in [4.69, 9.17) is 4.74 Å². The number of aryl methyl sites for hydroxylation is 1. The van der Waals surface area contributed by atoms with Crippen molar-refractivity contribution in [2.45, 2.75) is 38.8 Å². The van der Waals surface area contributed by atoms with Crippen LogP contribution < -0.4 is 10.6 Å². The zero-order chi connectivity index (χ0) is 23.3. The van der Waals surface area contributed by atoms with Crippen LogP contribution in [0.1, 0.15) is 36.0 Å². The maximum absolute atomic E-state index is 13.1. The summed E-state index contributed by atoms with van der Waals surface area (Å²) in [5.41, 5.74) is 1.40. The molecule has 0 saturated heterocycles. The lowest BCUT2D eigenvalue weighted by Crippen LogP contribution is -2.45. The number of halogens is 1. The van der Waals surface area contributed by atoms with Crippen molar-refractivity contribution < 1.29 is 14.3 Å². The van der Waals surface area contributed by atoms with Crippen LogP contribution in [0.4, 0.5) is 4.79 Å². The molecule has 0 aliphatic heterocycles. The van der Waals surface area contributed by atoms with Gasteiger partial charge in [-0.05, 0) is 60.8 Å². The summed E-state index contributed by atoms with van der Waals surface area (Å²) in [6.07, 6.45) is 1.78. The van der Waals surface area contributed by atoms with Gasteiger partial charge in [-0.2, -0.15) is 5.10 Å². The van der Waals surface area contributed by atoms with Crippen molar-refractivity contribution in [3.8, 4) is 10.6 Å². The fourth-order valence-electron chi connectivity index (χ4n) is 3.10. The van der Waals surface area contributed by atoms with Gasteiger partial charge in [0.25, 0.3) is 5.91 Å². The Labute approximate surface area is 200 Å². The Morgan fingerprint density at radius 3 is 2.56 bits per heavy atom. The smallest absolute Gasteiger partial charge is 0.407 e. The summed E-state index contributed by atoms with van der Waals surface area (Å²) in [5.74, 6) is -0.198. The summed E-state index contributed by atoms with van der Waals surface area (Å²) in [5, 5.41) is 10.0. The van der Waals surface area contributed by atoms with Crippen LogP contribution in [-0.2, 0) is 18.2 Å². The summed E-state index contributed by atoms with van der Waals surface area (Å²) in [6.45, 7) is 5.68. The molecule has 32 heavy (non-hydrogen) atoms. The van der Waals surface area contributed by atoms with E-state index < -0.39 is 11.7 Å². The minimum atomic E-state index is -0.590. The van der Waals surface area contributed by atoms with E-state index in [9.17, 15) is 9.59 Å². The fraction of sp³-hybridized carbons (Fsp3) is 0.348. The highest BCUT2D eigenvalue weighted by atomic mass is 79.9. The molecule has 3 aromatic rings. The van der Waals surface area contributed by atoms with Crippen LogP contribution in [0.25, 0.3) is 10.6 Å². The average molecular weight is 519 g/mol. The molecule has 2 N–H and O–H groups in total. The van der Waals surface area contributed by atoms with E-state index >= 15 is 0 Å². The zero-order valence-corrected chi connectivity index (χ0v) is 20.9. The standard InChI is InChI=1S/C23H27BrN4O3S/c1-23(2,3)31-22(30)25-14-16(12-15-8-6-5-7-9-15)27-21(29)19-13-17(24)20(32-19)18-10-11-26-28(18)4/h5-11,13,16H,12,14H2,1-4H3,(H,25,30)(H,27,29). The van der Waals surface area contributed by atoms with E-state index in [0.29, 0.717) is 11.3 Å². The largest absolute Gasteiger partial charge is 0.444 e. The minimum absolute atomic E-state index is 0.198. The third-order valence-electron chi connectivity index (χ3n) is 4.52. The van der Waals surface area contributed by atoms with Crippen LogP contribution in [0.3, 0.4) is 0 Å². The molecule has 2 heterocycles. The minimum Gasteiger partial charge on any atom is -0.444 e. The van der Waals surface area contributed by atoms with Crippen molar-refractivity contribution in [3.05, 3.63) is 63.6 Å². The second kappa shape index (κ2) is 10.3. The van der Waals surface area contributed by atoms with Crippen molar-refractivity contribution >= 4 is 39.3 Å². The lowest BCUT2D eigenvalue weighted by Gasteiger charge is -2.22. The zero-order valence-electron chi connectivity index (χ0n) is 18.5. The molecule has 3 rings (SSSR count). The van der Waals surface area contributed by atoms with Crippen LogP contribution in [0.5, 0.6) is 0 Å². The van der Waals surface area contributed by atoms with Gasteiger partial charge in [0.05, 0.1) is 21.5 Å². The number of hydrogen-bond donors (Lipinski definition) is 2. The molecule has 0 spiro atoms. The number of nitrogens with zero attached hydrogens (tertiary/aromatic N) is 2. The molecule has 170 valence electrons. The Kier molecular flexibility index (Phi) is 7.73. The second-order valence-electron chi connectivity index (χ2n) is 8.37. The van der Waals surface area contributed by atoms with Gasteiger partial charge in [0.15, 0.2) is 0 Å². The number of alkyl carbamates (subject to hydrolysis) is 1. The molecule has 1 unspecified atom stereocenters. The van der Waals surface area contributed by atoms with E-state index in [-0.39, 0.29) is 18.5 Å². The van der Waals surface area contributed by atoms with Crippen molar-refractivity contribution in [2.75, 3.05) is 6.54 Å². The molecular weight excluding hydrogens is 492 g/mol. The van der Waals surface area contributed by atoms with E-state index in [2.05, 4.69) is 31.7 Å². The normalized spacial score (nSPS) is 12.3. The van der Waals surface area contributed by atoms with Gasteiger partial charge < -0.3 is 15.4 Å². The average Bonchev–Trinajstić information content (AvgIpc) is 3.30. The van der Waals surface area contributed by atoms with Crippen LogP contribution in [0.2, 0.25) is 0 Å². The number of nitrogens with one attached hydrogen (secondary N) is 2. The SMILES string of the molecule is Cn1nccc1-c1sc(C(=O)NC(CNC(=O)OC(C)(C)C)Cc2ccccc2)cc1Br. The Morgan fingerprint density at radius 1 is 1.22 bits per heavy atom. The number of amides is 2. The topological polar surface area (TPSA) is 85.3 Å². The Hall–Kier alpha value is -2.65. The maximum Gasteiger partial charge on any atom is 0.407 e. The molecule has 0 bridgehead atoms. The molecule has 0 saturated carbocycles. The first-order chi connectivity index (χ1) is 15.1. The van der Waals surface area contributed by atoms with Gasteiger partial charge in [0, 0.05) is 24.3 Å². The van der Waals surface area contributed by atoms with Gasteiger partial charge >= 0.3 is 6.09 Å². The first kappa shape index (κ1) is 24.0. The Bertz CT molecular complexity index is 1070. The van der Waals surface area contributed by atoms with Crippen LogP contribution in [-0.4, -0.2) is 40.0 Å². The monoisotopic (exact) mass is 518 g/mol. The number of carbonyl (C=O) groups excluding carboxylic acids is 2. The highest BCUT2D eigenvalue weighted by Gasteiger charge is 2.21. The first-order valence-electron chi connectivity index (χ1n) is 10.2. The predicted octanol–water partition coefficient (Wildman–Crippen LogP) is 4.78. The number of aromatic nitrogens is 2. The third kappa shape index (κ3) is 6.67. The second-order valence-corrected chi connectivity index (χ2v) is 10.3. The van der Waals surface area contributed by atoms with E-state index in [1.165, 1.54) is 11.3 Å². The van der Waals surface area contributed by atoms with Crippen LogP contribution in [0, 0.1) is 0 Å². The van der Waals surface area contributed by atoms with Crippen molar-refractivity contribution in [2.24, 2.45) is 7.05 Å². The molecule has 1 atom stereocenters. The third-order valence-corrected chi connectivity index (χ3v) is 6.56. The maximum atomic E-state index is 13.1. The van der Waals surface area contributed by atoms with Gasteiger partial charge in [-0.1, -0.05) is 30.3 Å². The van der Waals surface area contributed by atoms with Crippen molar-refractivity contribution in [1.29, 1.82) is 0 Å². The highest BCUT2D eigenvalue weighted by Crippen LogP contribution is 2.36. The number of rotatable bonds is 7. The first-order valence-corrected chi connectivity index (χ1v) is 11.8. The molecule has 1 aromatic carbocycles. The molecule has 0 radical (unpaired) electrons. The van der Waals surface area contributed by atoms with Gasteiger partial charge in [0.1, 0.15) is 5.60 Å². The van der Waals surface area contributed by atoms with E-state index in [1.54, 1.807) is 10.9 Å². The number of carbonyl (C=O) groups is 2. The highest BCUT2D eigenvalue weighted by molar-refractivity contribution is 9.10. The van der Waals surface area contributed by atoms with Gasteiger partial charge in [-0.3, -0.25) is 9.48 Å². The number of ether oxygens (including phenoxy) is 1. The molecular formula is C23H27BrN4O3S. The van der Waals surface area contributed by atoms with Crippen molar-refractivity contribution in [1.82, 2.24) is 20.4 Å². The van der Waals surface area contributed by atoms with Gasteiger partial charge in [-0.15, -0.1) is 11.3 Å². The summed E-state index contributed by atoms with van der Waals surface area (Å²) in [7, 11) is 1.86. The molecule has 7 nitrogen and oxygen atoms in total. The number of thiophene rings is 1. The molecule has 2 amide bonds. The molecule has 2 aromatic heterocycles. The molecule has 9 heteroatoms. The molecule has 0 aliphatic rings. The van der Waals surface area contributed by atoms with Crippen LogP contribution >= 0.6 is 27.3 Å². The van der Waals surface area contributed by atoms with E-state index in [1.807, 2.05) is 70.3 Å². The Balaban J connectivity index is 1.73. The summed E-state index contributed by atoms with van der Waals surface area (Å²) in [4.78, 5) is 26.7. The lowest BCUT2D eigenvalue weighted by atomic mass is 10.1. The number of benzene rings is 1. The molecule has 0 fully saturated rings. The Morgan fingerprint density at radius 2 is 1.94 bits per heavy atom. The predicted molar refractivity (Wildman–Crippen MR) is 130 cm³/mol. The quantitative estimate of drug-likeness (QED) is 0.471. The fourth-order valence-corrected chi connectivity index (χ4v) is 4.94. The number of hydrogen-bond acceptors (Lipinski definition) is 5.